The second kappa shape index (κ2) is 15.2. The van der Waals surface area contributed by atoms with E-state index in [4.69, 9.17) is 9.47 Å². The largest absolute Gasteiger partial charge is 0.497 e. The molecule has 55 heavy (non-hydrogen) atoms. The van der Waals surface area contributed by atoms with Crippen molar-refractivity contribution in [1.82, 2.24) is 15.0 Å². The zero-order valence-corrected chi connectivity index (χ0v) is 32.2. The van der Waals surface area contributed by atoms with Crippen molar-refractivity contribution in [2.75, 3.05) is 23.5 Å². The number of carbonyl (C=O) groups excluding carboxylic acids is 2. The van der Waals surface area contributed by atoms with Crippen molar-refractivity contribution < 1.29 is 29.1 Å². The van der Waals surface area contributed by atoms with Crippen molar-refractivity contribution in [3.63, 3.8) is 0 Å². The quantitative estimate of drug-likeness (QED) is 0.0633. The highest BCUT2D eigenvalue weighted by molar-refractivity contribution is 6.91. The fourth-order valence-corrected chi connectivity index (χ4v) is 12.7. The van der Waals surface area contributed by atoms with Crippen molar-refractivity contribution in [2.24, 2.45) is 5.92 Å². The SMILES string of the molecule is COc1ccc([Si](C)(C)[C@@H]2[C@@H](CCn3cc(CCO)nn3)O[C@]3(C(=O)N(Cc4cccc(N(C=O)c5ccccc5)c4)c4ccc([N+](=O)[O-])cc43)[C@H]2C)cc1. The number of aromatic nitrogens is 3. The van der Waals surface area contributed by atoms with E-state index in [1.165, 1.54) is 17.3 Å². The number of anilines is 3. The molecule has 0 saturated carbocycles. The van der Waals surface area contributed by atoms with Crippen LogP contribution in [0.15, 0.2) is 103 Å². The van der Waals surface area contributed by atoms with E-state index in [2.05, 4.69) is 35.5 Å². The van der Waals surface area contributed by atoms with Gasteiger partial charge in [-0.1, -0.05) is 72.9 Å². The lowest BCUT2D eigenvalue weighted by atomic mass is 9.82. The van der Waals surface area contributed by atoms with Crippen LogP contribution in [0.2, 0.25) is 18.6 Å². The fourth-order valence-electron chi connectivity index (χ4n) is 8.62. The fraction of sp³-hybridized carbons (Fsp3) is 0.317. The van der Waals surface area contributed by atoms with E-state index < -0.39 is 24.7 Å². The van der Waals surface area contributed by atoms with Crippen LogP contribution in [0.4, 0.5) is 22.7 Å². The number of nitro groups is 1. The van der Waals surface area contributed by atoms with Gasteiger partial charge in [0.15, 0.2) is 5.60 Å². The predicted molar refractivity (Wildman–Crippen MR) is 210 cm³/mol. The smallest absolute Gasteiger partial charge is 0.269 e. The van der Waals surface area contributed by atoms with Crippen molar-refractivity contribution in [3.05, 3.63) is 130 Å². The third-order valence-electron chi connectivity index (χ3n) is 11.3. The lowest BCUT2D eigenvalue weighted by Crippen LogP contribution is -2.51. The highest BCUT2D eigenvalue weighted by Gasteiger charge is 2.66. The Balaban J connectivity index is 1.30. The highest BCUT2D eigenvalue weighted by Crippen LogP contribution is 2.60. The minimum absolute atomic E-state index is 0.0367. The summed E-state index contributed by atoms with van der Waals surface area (Å²) in [6.07, 6.45) is 3.04. The molecule has 0 unspecified atom stereocenters. The molecular formula is C41H44N6O7Si. The van der Waals surface area contributed by atoms with Gasteiger partial charge in [0.2, 0.25) is 6.41 Å². The van der Waals surface area contributed by atoms with Crippen molar-refractivity contribution >= 4 is 48.3 Å². The third-order valence-corrected chi connectivity index (χ3v) is 15.7. The summed E-state index contributed by atoms with van der Waals surface area (Å²) in [5.74, 6) is 0.0820. The first kappa shape index (κ1) is 37.6. The summed E-state index contributed by atoms with van der Waals surface area (Å²) in [7, 11) is -0.857. The number of ether oxygens (including phenoxy) is 2. The average molecular weight is 761 g/mol. The summed E-state index contributed by atoms with van der Waals surface area (Å²) in [4.78, 5) is 42.6. The van der Waals surface area contributed by atoms with Gasteiger partial charge in [-0.25, -0.2) is 0 Å². The number of para-hydroxylation sites is 1. The Bertz CT molecular complexity index is 2200. The Hall–Kier alpha value is -5.70. The number of aryl methyl sites for hydroxylation is 1. The molecule has 284 valence electrons. The Morgan fingerprint density at radius 2 is 1.78 bits per heavy atom. The number of fused-ring (bicyclic) bond motifs is 2. The number of non-ortho nitro benzene ring substituents is 1. The minimum atomic E-state index is -2.49. The number of benzene rings is 4. The Kier molecular flexibility index (Phi) is 10.4. The van der Waals surface area contributed by atoms with Gasteiger partial charge in [-0.3, -0.25) is 29.3 Å². The monoisotopic (exact) mass is 760 g/mol. The van der Waals surface area contributed by atoms with E-state index in [-0.39, 0.29) is 36.2 Å². The minimum Gasteiger partial charge on any atom is -0.497 e. The van der Waals surface area contributed by atoms with E-state index in [1.54, 1.807) is 27.7 Å². The number of aliphatic hydroxyl groups is 1. The molecule has 1 aromatic heterocycles. The van der Waals surface area contributed by atoms with Crippen LogP contribution >= 0.6 is 0 Å². The van der Waals surface area contributed by atoms with Crippen LogP contribution in [0.3, 0.4) is 0 Å². The molecule has 2 aliphatic rings. The maximum atomic E-state index is 15.3. The number of methoxy groups -OCH3 is 1. The molecule has 5 aromatic rings. The van der Waals surface area contributed by atoms with Gasteiger partial charge in [0, 0.05) is 60.8 Å². The van der Waals surface area contributed by atoms with E-state index in [0.717, 1.165) is 17.7 Å². The van der Waals surface area contributed by atoms with Gasteiger partial charge >= 0.3 is 0 Å². The van der Waals surface area contributed by atoms with Crippen LogP contribution in [-0.4, -0.2) is 65.2 Å². The van der Waals surface area contributed by atoms with Crippen LogP contribution in [-0.2, 0) is 39.4 Å². The molecule has 0 bridgehead atoms. The standard InChI is InChI=1S/C41H44N6O7Si/c1-28-39(55(3,4)35-16-14-34(53-2)15-17-35)38(19-21-44-26-30(20-22-48)42-43-44)54-41(28)36-24-33(47(51)52)13-18-37(36)45(40(41)50)25-29-9-8-12-32(23-29)46(27-49)31-10-6-5-7-11-31/h5-18,23-24,26-28,38-39,48H,19-22,25H2,1-4H3/t28-,38+,39-,41+/m0/s1. The Morgan fingerprint density at radius 1 is 1.04 bits per heavy atom. The van der Waals surface area contributed by atoms with E-state index in [1.807, 2.05) is 79.9 Å². The first-order valence-electron chi connectivity index (χ1n) is 18.3. The normalized spacial score (nSPS) is 20.5. The summed E-state index contributed by atoms with van der Waals surface area (Å²) < 4.78 is 14.4. The molecule has 1 spiro atoms. The topological polar surface area (TPSA) is 153 Å². The number of hydrogen-bond donors (Lipinski definition) is 1. The van der Waals surface area contributed by atoms with Gasteiger partial charge in [0.25, 0.3) is 11.6 Å². The number of nitrogens with zero attached hydrogens (tertiary/aromatic N) is 6. The molecule has 3 heterocycles. The number of hydrogen-bond acceptors (Lipinski definition) is 9. The van der Waals surface area contributed by atoms with Crippen LogP contribution < -0.4 is 19.7 Å². The maximum Gasteiger partial charge on any atom is 0.269 e. The second-order valence-corrected chi connectivity index (χ2v) is 19.4. The highest BCUT2D eigenvalue weighted by atomic mass is 28.3. The molecule has 2 amide bonds. The number of aliphatic hydroxyl groups excluding tert-OH is 1. The molecule has 4 atom stereocenters. The van der Waals surface area contributed by atoms with E-state index in [0.29, 0.717) is 47.7 Å². The van der Waals surface area contributed by atoms with Crippen LogP contribution in [0.5, 0.6) is 5.75 Å². The van der Waals surface area contributed by atoms with Crippen molar-refractivity contribution in [1.29, 1.82) is 0 Å². The molecule has 0 radical (unpaired) electrons. The molecule has 13 nitrogen and oxygen atoms in total. The molecule has 4 aromatic carbocycles. The number of nitro benzene ring substituents is 1. The maximum absolute atomic E-state index is 15.3. The molecule has 14 heteroatoms. The molecule has 2 aliphatic heterocycles. The molecular weight excluding hydrogens is 717 g/mol. The zero-order chi connectivity index (χ0) is 38.9. The van der Waals surface area contributed by atoms with Gasteiger partial charge in [0.1, 0.15) is 5.75 Å². The molecule has 1 saturated heterocycles. The Labute approximate surface area is 320 Å². The van der Waals surface area contributed by atoms with Crippen molar-refractivity contribution in [2.45, 2.75) is 63.2 Å². The summed E-state index contributed by atoms with van der Waals surface area (Å²) in [6, 6.07) is 29.4. The number of amides is 2. The van der Waals surface area contributed by atoms with Crippen LogP contribution in [0.1, 0.15) is 30.2 Å². The van der Waals surface area contributed by atoms with Gasteiger partial charge in [-0.2, -0.15) is 0 Å². The summed E-state index contributed by atoms with van der Waals surface area (Å²) in [5, 5.41) is 31.3. The number of carbonyl (C=O) groups is 2. The Morgan fingerprint density at radius 3 is 2.47 bits per heavy atom. The van der Waals surface area contributed by atoms with Gasteiger partial charge in [-0.15, -0.1) is 5.10 Å². The molecule has 1 fully saturated rings. The molecule has 7 rings (SSSR count). The molecule has 0 aliphatic carbocycles. The summed E-state index contributed by atoms with van der Waals surface area (Å²) in [6.45, 7) is 7.18. The summed E-state index contributed by atoms with van der Waals surface area (Å²) in [5.41, 5.74) is 2.08. The van der Waals surface area contributed by atoms with Crippen LogP contribution in [0, 0.1) is 16.0 Å². The van der Waals surface area contributed by atoms with E-state index in [9.17, 15) is 20.0 Å². The summed E-state index contributed by atoms with van der Waals surface area (Å²) >= 11 is 0. The second-order valence-electron chi connectivity index (χ2n) is 14.7. The lowest BCUT2D eigenvalue weighted by molar-refractivity contribution is -0.385. The predicted octanol–water partition coefficient (Wildman–Crippen LogP) is 5.88. The molecule has 1 N–H and O–H groups in total. The van der Waals surface area contributed by atoms with Crippen molar-refractivity contribution in [3.8, 4) is 5.75 Å². The van der Waals surface area contributed by atoms with Crippen LogP contribution in [0.25, 0.3) is 0 Å². The zero-order valence-electron chi connectivity index (χ0n) is 31.2. The number of rotatable bonds is 14. The van der Waals surface area contributed by atoms with E-state index >= 15 is 4.79 Å². The lowest BCUT2D eigenvalue weighted by Gasteiger charge is -2.37. The van der Waals surface area contributed by atoms with Gasteiger partial charge in [-0.05, 0) is 60.0 Å². The average Bonchev–Trinajstić information content (AvgIpc) is 3.84. The third kappa shape index (κ3) is 6.81. The van der Waals surface area contributed by atoms with Gasteiger partial charge < -0.3 is 19.5 Å². The van der Waals surface area contributed by atoms with Gasteiger partial charge in [0.05, 0.1) is 44.1 Å². The first-order chi connectivity index (χ1) is 26.5. The first-order valence-corrected chi connectivity index (χ1v) is 21.4.